The number of nitrogens with zero attached hydrogens (tertiary/aromatic N) is 2. The maximum absolute atomic E-state index is 10.9. The van der Waals surface area contributed by atoms with E-state index in [1.54, 1.807) is 0 Å². The SMILES string of the molecule is O=C(O)[C@H]1CN(Cc2ccc(Br)nc2)CCN1. The lowest BCUT2D eigenvalue weighted by molar-refractivity contribution is -0.140. The highest BCUT2D eigenvalue weighted by Gasteiger charge is 2.24. The molecule has 1 saturated heterocycles. The molecule has 92 valence electrons. The highest BCUT2D eigenvalue weighted by atomic mass is 79.9. The third-order valence-electron chi connectivity index (χ3n) is 2.75. The minimum Gasteiger partial charge on any atom is -0.480 e. The quantitative estimate of drug-likeness (QED) is 0.805. The monoisotopic (exact) mass is 299 g/mol. The maximum atomic E-state index is 10.9. The minimum absolute atomic E-state index is 0.466. The molecule has 0 saturated carbocycles. The first-order valence-electron chi connectivity index (χ1n) is 5.44. The van der Waals surface area contributed by atoms with Gasteiger partial charge in [-0.15, -0.1) is 0 Å². The molecule has 1 aromatic heterocycles. The van der Waals surface area contributed by atoms with Gasteiger partial charge in [0, 0.05) is 32.4 Å². The average molecular weight is 300 g/mol. The predicted octanol–water partition coefficient (Wildman–Crippen LogP) is 0.702. The van der Waals surface area contributed by atoms with Gasteiger partial charge in [0.1, 0.15) is 10.6 Å². The molecule has 0 bridgehead atoms. The summed E-state index contributed by atoms with van der Waals surface area (Å²) in [7, 11) is 0. The predicted molar refractivity (Wildman–Crippen MR) is 66.6 cm³/mol. The van der Waals surface area contributed by atoms with Crippen LogP contribution >= 0.6 is 15.9 Å². The summed E-state index contributed by atoms with van der Waals surface area (Å²) >= 11 is 3.29. The topological polar surface area (TPSA) is 65.5 Å². The third-order valence-corrected chi connectivity index (χ3v) is 3.22. The van der Waals surface area contributed by atoms with Gasteiger partial charge in [-0.3, -0.25) is 9.69 Å². The van der Waals surface area contributed by atoms with E-state index >= 15 is 0 Å². The van der Waals surface area contributed by atoms with Gasteiger partial charge >= 0.3 is 5.97 Å². The Balaban J connectivity index is 1.94. The molecule has 0 amide bonds. The van der Waals surface area contributed by atoms with Gasteiger partial charge in [-0.25, -0.2) is 4.98 Å². The van der Waals surface area contributed by atoms with E-state index in [0.717, 1.165) is 23.3 Å². The summed E-state index contributed by atoms with van der Waals surface area (Å²) in [5, 5.41) is 11.9. The first-order chi connectivity index (χ1) is 8.15. The number of nitrogens with one attached hydrogen (secondary N) is 1. The van der Waals surface area contributed by atoms with Crippen LogP contribution in [0, 0.1) is 0 Å². The Morgan fingerprint density at radius 2 is 2.47 bits per heavy atom. The van der Waals surface area contributed by atoms with Crippen LogP contribution in [-0.2, 0) is 11.3 Å². The molecule has 1 aliphatic rings. The highest BCUT2D eigenvalue weighted by Crippen LogP contribution is 2.10. The zero-order valence-electron chi connectivity index (χ0n) is 9.27. The number of carboxylic acid groups (broad SMARTS) is 1. The van der Waals surface area contributed by atoms with Crippen LogP contribution in [0.25, 0.3) is 0 Å². The Hall–Kier alpha value is -0.980. The van der Waals surface area contributed by atoms with Crippen molar-refractivity contribution in [1.29, 1.82) is 0 Å². The summed E-state index contributed by atoms with van der Waals surface area (Å²) in [4.78, 5) is 17.2. The van der Waals surface area contributed by atoms with Gasteiger partial charge in [0.25, 0.3) is 0 Å². The number of piperazine rings is 1. The molecule has 5 nitrogen and oxygen atoms in total. The summed E-state index contributed by atoms with van der Waals surface area (Å²) in [6, 6.07) is 3.42. The van der Waals surface area contributed by atoms with Crippen molar-refractivity contribution in [3.8, 4) is 0 Å². The van der Waals surface area contributed by atoms with Gasteiger partial charge in [-0.2, -0.15) is 0 Å². The van der Waals surface area contributed by atoms with Gasteiger partial charge in [-0.1, -0.05) is 6.07 Å². The molecule has 0 unspecified atom stereocenters. The summed E-state index contributed by atoms with van der Waals surface area (Å²) < 4.78 is 0.810. The molecular weight excluding hydrogens is 286 g/mol. The van der Waals surface area contributed by atoms with Crippen molar-refractivity contribution in [2.45, 2.75) is 12.6 Å². The highest BCUT2D eigenvalue weighted by molar-refractivity contribution is 9.10. The van der Waals surface area contributed by atoms with Crippen molar-refractivity contribution < 1.29 is 9.90 Å². The third kappa shape index (κ3) is 3.49. The van der Waals surface area contributed by atoms with Crippen LogP contribution in [0.3, 0.4) is 0 Å². The van der Waals surface area contributed by atoms with E-state index in [4.69, 9.17) is 5.11 Å². The molecular formula is C11H14BrN3O2. The van der Waals surface area contributed by atoms with Crippen LogP contribution in [0.2, 0.25) is 0 Å². The largest absolute Gasteiger partial charge is 0.480 e. The molecule has 6 heteroatoms. The Bertz CT molecular complexity index is 396. The summed E-state index contributed by atoms with van der Waals surface area (Å²) in [5.41, 5.74) is 1.10. The van der Waals surface area contributed by atoms with Crippen molar-refractivity contribution in [3.63, 3.8) is 0 Å². The van der Waals surface area contributed by atoms with Gasteiger partial charge in [0.2, 0.25) is 0 Å². The minimum atomic E-state index is -0.788. The summed E-state index contributed by atoms with van der Waals surface area (Å²) in [5.74, 6) is -0.788. The fourth-order valence-electron chi connectivity index (χ4n) is 1.88. The Kier molecular flexibility index (Phi) is 4.09. The number of hydrogen-bond acceptors (Lipinski definition) is 4. The second-order valence-electron chi connectivity index (χ2n) is 4.07. The number of carbonyl (C=O) groups is 1. The van der Waals surface area contributed by atoms with Crippen LogP contribution in [0.1, 0.15) is 5.56 Å². The Morgan fingerprint density at radius 1 is 1.65 bits per heavy atom. The van der Waals surface area contributed by atoms with Crippen molar-refractivity contribution in [2.24, 2.45) is 0 Å². The van der Waals surface area contributed by atoms with Crippen LogP contribution in [0.4, 0.5) is 0 Å². The molecule has 1 aliphatic heterocycles. The molecule has 0 aliphatic carbocycles. The lowest BCUT2D eigenvalue weighted by atomic mass is 10.2. The van der Waals surface area contributed by atoms with Crippen LogP contribution in [0.5, 0.6) is 0 Å². The number of aromatic nitrogens is 1. The van der Waals surface area contributed by atoms with Crippen LogP contribution in [0.15, 0.2) is 22.9 Å². The molecule has 0 aromatic carbocycles. The molecule has 1 atom stereocenters. The number of rotatable bonds is 3. The lowest BCUT2D eigenvalue weighted by Crippen LogP contribution is -2.53. The lowest BCUT2D eigenvalue weighted by Gasteiger charge is -2.31. The number of carboxylic acids is 1. The van der Waals surface area contributed by atoms with Crippen molar-refractivity contribution in [1.82, 2.24) is 15.2 Å². The molecule has 17 heavy (non-hydrogen) atoms. The number of aliphatic carboxylic acids is 1. The first kappa shape index (κ1) is 12.5. The van der Waals surface area contributed by atoms with E-state index in [1.807, 2.05) is 18.3 Å². The van der Waals surface area contributed by atoms with Crippen LogP contribution in [-0.4, -0.2) is 46.6 Å². The molecule has 0 radical (unpaired) electrons. The summed E-state index contributed by atoms with van der Waals surface area (Å²) in [6.45, 7) is 2.85. The fraction of sp³-hybridized carbons (Fsp3) is 0.455. The van der Waals surface area contributed by atoms with Crippen molar-refractivity contribution in [3.05, 3.63) is 28.5 Å². The zero-order valence-corrected chi connectivity index (χ0v) is 10.9. The maximum Gasteiger partial charge on any atom is 0.322 e. The van der Waals surface area contributed by atoms with E-state index in [0.29, 0.717) is 13.1 Å². The standard InChI is InChI=1S/C11H14BrN3O2/c12-10-2-1-8(5-14-10)6-15-4-3-13-9(7-15)11(16)17/h1-2,5,9,13H,3-4,6-7H2,(H,16,17)/t9-/m1/s1. The number of halogens is 1. The first-order valence-corrected chi connectivity index (χ1v) is 6.23. The van der Waals surface area contributed by atoms with E-state index < -0.39 is 12.0 Å². The number of pyridine rings is 1. The second-order valence-corrected chi connectivity index (χ2v) is 4.88. The van der Waals surface area contributed by atoms with Crippen molar-refractivity contribution >= 4 is 21.9 Å². The average Bonchev–Trinajstić information content (AvgIpc) is 2.32. The molecule has 0 spiro atoms. The second kappa shape index (κ2) is 5.57. The fourth-order valence-corrected chi connectivity index (χ4v) is 2.11. The van der Waals surface area contributed by atoms with E-state index in [1.165, 1.54) is 0 Å². The van der Waals surface area contributed by atoms with E-state index in [9.17, 15) is 4.79 Å². The molecule has 2 rings (SSSR count). The normalized spacial score (nSPS) is 21.4. The van der Waals surface area contributed by atoms with Crippen molar-refractivity contribution in [2.75, 3.05) is 19.6 Å². The molecule has 1 aromatic rings. The van der Waals surface area contributed by atoms with Gasteiger partial charge in [-0.05, 0) is 27.6 Å². The smallest absolute Gasteiger partial charge is 0.322 e. The molecule has 2 heterocycles. The summed E-state index contributed by atoms with van der Waals surface area (Å²) in [6.07, 6.45) is 1.81. The van der Waals surface area contributed by atoms with Crippen LogP contribution < -0.4 is 5.32 Å². The van der Waals surface area contributed by atoms with Gasteiger partial charge in [0.05, 0.1) is 0 Å². The van der Waals surface area contributed by atoms with Gasteiger partial charge in [0.15, 0.2) is 0 Å². The van der Waals surface area contributed by atoms with E-state index in [2.05, 4.69) is 31.1 Å². The number of hydrogen-bond donors (Lipinski definition) is 2. The van der Waals surface area contributed by atoms with E-state index in [-0.39, 0.29) is 0 Å². The Labute approximate surface area is 108 Å². The zero-order chi connectivity index (χ0) is 12.3. The Morgan fingerprint density at radius 3 is 3.12 bits per heavy atom. The molecule has 2 N–H and O–H groups in total. The van der Waals surface area contributed by atoms with Gasteiger partial charge < -0.3 is 10.4 Å². The molecule has 1 fully saturated rings.